The number of carbonyl (C=O) groups excluding carboxylic acids is 2. The van der Waals surface area contributed by atoms with Crippen molar-refractivity contribution in [3.63, 3.8) is 0 Å². The topological polar surface area (TPSA) is 85.3 Å². The van der Waals surface area contributed by atoms with Gasteiger partial charge in [-0.1, -0.05) is 18.2 Å². The van der Waals surface area contributed by atoms with E-state index in [2.05, 4.69) is 0 Å². The van der Waals surface area contributed by atoms with Gasteiger partial charge in [-0.15, -0.1) is 0 Å². The molecule has 0 saturated carbocycles. The molecule has 1 aliphatic heterocycles. The van der Waals surface area contributed by atoms with Gasteiger partial charge >= 0.3 is 12.1 Å². The third-order valence-corrected chi connectivity index (χ3v) is 3.86. The number of benzene rings is 1. The summed E-state index contributed by atoms with van der Waals surface area (Å²) in [6, 6.07) is 7.83. The Balaban J connectivity index is 2.15. The second kappa shape index (κ2) is 7.84. The molecule has 1 saturated heterocycles. The molecule has 7 heteroatoms. The van der Waals surface area contributed by atoms with Crippen LogP contribution in [0.5, 0.6) is 0 Å². The second-order valence-corrected chi connectivity index (χ2v) is 6.87. The molecule has 2 rings (SSSR count). The summed E-state index contributed by atoms with van der Waals surface area (Å²) in [7, 11) is 1.46. The number of aliphatic hydroxyl groups excluding tert-OH is 1. The number of aliphatic hydroxyl groups is 1. The number of amides is 1. The molecule has 1 heterocycles. The largest absolute Gasteiger partial charge is 0.456 e. The average Bonchev–Trinajstić information content (AvgIpc) is 2.91. The SMILES string of the molecule is CO[C@@H]1C[C@H](OC(=O)c2ccccc2)[C@@H](CO)N1C(=O)OC(C)(C)C. The first-order chi connectivity index (χ1) is 11.8. The molecule has 1 aromatic rings. The van der Waals surface area contributed by atoms with E-state index in [1.807, 2.05) is 0 Å². The quantitative estimate of drug-likeness (QED) is 0.837. The second-order valence-electron chi connectivity index (χ2n) is 6.87. The number of carbonyl (C=O) groups is 2. The molecular formula is C18H25NO6. The summed E-state index contributed by atoms with van der Waals surface area (Å²) in [5.41, 5.74) is -0.280. The third-order valence-electron chi connectivity index (χ3n) is 3.86. The molecule has 1 aliphatic rings. The molecular weight excluding hydrogens is 326 g/mol. The Bertz CT molecular complexity index is 597. The van der Waals surface area contributed by atoms with Gasteiger partial charge in [0, 0.05) is 13.5 Å². The lowest BCUT2D eigenvalue weighted by Gasteiger charge is -2.31. The van der Waals surface area contributed by atoms with E-state index in [1.54, 1.807) is 51.1 Å². The number of ether oxygens (including phenoxy) is 3. The van der Waals surface area contributed by atoms with E-state index in [0.29, 0.717) is 5.56 Å². The molecule has 1 amide bonds. The smallest absolute Gasteiger partial charge is 0.412 e. The lowest BCUT2D eigenvalue weighted by molar-refractivity contribution is -0.0495. The molecule has 0 bridgehead atoms. The molecule has 138 valence electrons. The van der Waals surface area contributed by atoms with Gasteiger partial charge in [0.25, 0.3) is 0 Å². The zero-order chi connectivity index (χ0) is 18.6. The molecule has 1 fully saturated rings. The predicted octanol–water partition coefficient (Wildman–Crippen LogP) is 2.19. The normalized spacial score (nSPS) is 23.4. The lowest BCUT2D eigenvalue weighted by atomic mass is 10.1. The van der Waals surface area contributed by atoms with Crippen molar-refractivity contribution < 1.29 is 28.9 Å². The molecule has 0 spiro atoms. The zero-order valence-corrected chi connectivity index (χ0v) is 15.0. The van der Waals surface area contributed by atoms with Gasteiger partial charge in [0.15, 0.2) is 0 Å². The standard InChI is InChI=1S/C18H25NO6/c1-18(2,3)25-17(22)19-13(11-20)14(10-15(19)23-4)24-16(21)12-8-6-5-7-9-12/h5-9,13-15,20H,10-11H2,1-4H3/t13-,14+,15-/m1/s1. The summed E-state index contributed by atoms with van der Waals surface area (Å²) in [4.78, 5) is 26.1. The summed E-state index contributed by atoms with van der Waals surface area (Å²) in [6.07, 6.45) is -1.67. The van der Waals surface area contributed by atoms with E-state index < -0.39 is 36.0 Å². The molecule has 1 N–H and O–H groups in total. The molecule has 0 unspecified atom stereocenters. The van der Waals surface area contributed by atoms with E-state index in [0.717, 1.165) is 0 Å². The predicted molar refractivity (Wildman–Crippen MR) is 90.0 cm³/mol. The van der Waals surface area contributed by atoms with Crippen LogP contribution in [0.25, 0.3) is 0 Å². The Hall–Kier alpha value is -2.12. The highest BCUT2D eigenvalue weighted by atomic mass is 16.6. The maximum absolute atomic E-state index is 12.5. The zero-order valence-electron chi connectivity index (χ0n) is 15.0. The van der Waals surface area contributed by atoms with Gasteiger partial charge in [-0.3, -0.25) is 4.90 Å². The van der Waals surface area contributed by atoms with Crippen molar-refractivity contribution in [3.05, 3.63) is 35.9 Å². The number of methoxy groups -OCH3 is 1. The Morgan fingerprint density at radius 3 is 2.40 bits per heavy atom. The fraction of sp³-hybridized carbons (Fsp3) is 0.556. The van der Waals surface area contributed by atoms with Crippen molar-refractivity contribution in [2.45, 2.75) is 51.2 Å². The number of hydrogen-bond donors (Lipinski definition) is 1. The van der Waals surface area contributed by atoms with Crippen molar-refractivity contribution >= 4 is 12.1 Å². The van der Waals surface area contributed by atoms with Crippen molar-refractivity contribution in [1.82, 2.24) is 4.90 Å². The van der Waals surface area contributed by atoms with Crippen LogP contribution in [0.15, 0.2) is 30.3 Å². The van der Waals surface area contributed by atoms with Gasteiger partial charge in [0.2, 0.25) is 0 Å². The van der Waals surface area contributed by atoms with Crippen LogP contribution in [-0.2, 0) is 14.2 Å². The highest BCUT2D eigenvalue weighted by molar-refractivity contribution is 5.89. The summed E-state index contributed by atoms with van der Waals surface area (Å²) in [5.74, 6) is -0.509. The van der Waals surface area contributed by atoms with Crippen molar-refractivity contribution in [3.8, 4) is 0 Å². The minimum absolute atomic E-state index is 0.263. The van der Waals surface area contributed by atoms with E-state index in [9.17, 15) is 14.7 Å². The molecule has 25 heavy (non-hydrogen) atoms. The van der Waals surface area contributed by atoms with Gasteiger partial charge < -0.3 is 19.3 Å². The Morgan fingerprint density at radius 2 is 1.88 bits per heavy atom. The summed E-state index contributed by atoms with van der Waals surface area (Å²) >= 11 is 0. The number of esters is 1. The van der Waals surface area contributed by atoms with Crippen LogP contribution in [0.4, 0.5) is 4.79 Å². The highest BCUT2D eigenvalue weighted by Crippen LogP contribution is 2.30. The fourth-order valence-corrected chi connectivity index (χ4v) is 2.75. The number of nitrogens with zero attached hydrogens (tertiary/aromatic N) is 1. The average molecular weight is 351 g/mol. The van der Waals surface area contributed by atoms with E-state index >= 15 is 0 Å². The minimum Gasteiger partial charge on any atom is -0.456 e. The van der Waals surface area contributed by atoms with Crippen LogP contribution in [0.1, 0.15) is 37.6 Å². The van der Waals surface area contributed by atoms with Crippen molar-refractivity contribution in [2.75, 3.05) is 13.7 Å². The van der Waals surface area contributed by atoms with Crippen LogP contribution in [0.3, 0.4) is 0 Å². The maximum atomic E-state index is 12.5. The maximum Gasteiger partial charge on any atom is 0.412 e. The lowest BCUT2D eigenvalue weighted by Crippen LogP contribution is -2.48. The number of rotatable bonds is 4. The molecule has 0 aliphatic carbocycles. The van der Waals surface area contributed by atoms with Crippen LogP contribution in [0.2, 0.25) is 0 Å². The van der Waals surface area contributed by atoms with E-state index in [4.69, 9.17) is 14.2 Å². The number of likely N-dealkylation sites (tertiary alicyclic amines) is 1. The summed E-state index contributed by atoms with van der Waals surface area (Å²) in [5, 5.41) is 9.75. The van der Waals surface area contributed by atoms with Gasteiger partial charge in [0.1, 0.15) is 17.9 Å². The van der Waals surface area contributed by atoms with Crippen molar-refractivity contribution in [2.24, 2.45) is 0 Å². The molecule has 3 atom stereocenters. The third kappa shape index (κ3) is 4.70. The first-order valence-electron chi connectivity index (χ1n) is 8.18. The Morgan fingerprint density at radius 1 is 1.24 bits per heavy atom. The monoisotopic (exact) mass is 351 g/mol. The summed E-state index contributed by atoms with van der Waals surface area (Å²) < 4.78 is 16.2. The number of hydrogen-bond acceptors (Lipinski definition) is 6. The molecule has 1 aromatic carbocycles. The van der Waals surface area contributed by atoms with Crippen LogP contribution in [0, 0.1) is 0 Å². The van der Waals surface area contributed by atoms with Gasteiger partial charge in [-0.2, -0.15) is 0 Å². The van der Waals surface area contributed by atoms with E-state index in [-0.39, 0.29) is 13.0 Å². The Kier molecular flexibility index (Phi) is 6.02. The minimum atomic E-state index is -0.729. The van der Waals surface area contributed by atoms with Crippen molar-refractivity contribution in [1.29, 1.82) is 0 Å². The fourth-order valence-electron chi connectivity index (χ4n) is 2.75. The van der Waals surface area contributed by atoms with Crippen LogP contribution >= 0.6 is 0 Å². The van der Waals surface area contributed by atoms with Crippen LogP contribution in [-0.4, -0.2) is 59.8 Å². The van der Waals surface area contributed by atoms with E-state index in [1.165, 1.54) is 12.0 Å². The Labute approximate surface area is 147 Å². The summed E-state index contributed by atoms with van der Waals surface area (Å²) in [6.45, 7) is 4.89. The van der Waals surface area contributed by atoms with Crippen LogP contribution < -0.4 is 0 Å². The van der Waals surface area contributed by atoms with Gasteiger partial charge in [-0.05, 0) is 32.9 Å². The van der Waals surface area contributed by atoms with Gasteiger partial charge in [0.05, 0.1) is 18.2 Å². The molecule has 0 radical (unpaired) electrons. The first kappa shape index (κ1) is 19.2. The first-order valence-corrected chi connectivity index (χ1v) is 8.18. The molecule has 7 nitrogen and oxygen atoms in total. The molecule has 0 aromatic heterocycles. The van der Waals surface area contributed by atoms with Gasteiger partial charge in [-0.25, -0.2) is 9.59 Å². The highest BCUT2D eigenvalue weighted by Gasteiger charge is 2.47.